The summed E-state index contributed by atoms with van der Waals surface area (Å²) in [6.45, 7) is 3.94. The zero-order valence-corrected chi connectivity index (χ0v) is 11.0. The molecule has 1 amide bonds. The molecule has 0 aliphatic rings. The first-order valence-corrected chi connectivity index (χ1v) is 6.16. The van der Waals surface area contributed by atoms with Gasteiger partial charge in [0.25, 0.3) is 5.91 Å². The molecule has 4 heteroatoms. The summed E-state index contributed by atoms with van der Waals surface area (Å²) >= 11 is 0. The quantitative estimate of drug-likeness (QED) is 0.919. The number of nitrogens with one attached hydrogen (secondary N) is 1. The van der Waals surface area contributed by atoms with Crippen LogP contribution < -0.4 is 5.32 Å². The van der Waals surface area contributed by atoms with Crippen molar-refractivity contribution in [2.75, 3.05) is 6.54 Å². The fourth-order valence-electron chi connectivity index (χ4n) is 1.96. The van der Waals surface area contributed by atoms with Gasteiger partial charge in [0.05, 0.1) is 5.56 Å². The number of benzene rings is 1. The number of hydrogen-bond acceptors (Lipinski definition) is 2. The Hall–Kier alpha value is -2.10. The Morgan fingerprint density at radius 2 is 2.05 bits per heavy atom. The second kappa shape index (κ2) is 5.69. The molecule has 0 aliphatic heterocycles. The third-order valence-electron chi connectivity index (χ3n) is 2.92. The molecular formula is C15H16FNO2. The zero-order valence-electron chi connectivity index (χ0n) is 11.0. The number of rotatable bonds is 4. The predicted molar refractivity (Wildman–Crippen MR) is 70.6 cm³/mol. The highest BCUT2D eigenvalue weighted by Crippen LogP contribution is 2.13. The van der Waals surface area contributed by atoms with Gasteiger partial charge in [-0.25, -0.2) is 4.39 Å². The summed E-state index contributed by atoms with van der Waals surface area (Å²) in [5, 5.41) is 2.76. The van der Waals surface area contributed by atoms with Crippen molar-refractivity contribution in [3.05, 3.63) is 58.8 Å². The smallest absolute Gasteiger partial charge is 0.254 e. The molecule has 0 bridgehead atoms. The van der Waals surface area contributed by atoms with Crippen LogP contribution in [0.2, 0.25) is 0 Å². The summed E-state index contributed by atoms with van der Waals surface area (Å²) in [5.74, 6) is 0.871. The molecule has 0 unspecified atom stereocenters. The molecule has 1 aromatic heterocycles. The van der Waals surface area contributed by atoms with Crippen LogP contribution in [0.15, 0.2) is 34.7 Å². The molecule has 2 aromatic rings. The number of halogens is 1. The molecule has 1 N–H and O–H groups in total. The van der Waals surface area contributed by atoms with Crippen molar-refractivity contribution in [3.8, 4) is 0 Å². The summed E-state index contributed by atoms with van der Waals surface area (Å²) in [4.78, 5) is 11.9. The topological polar surface area (TPSA) is 42.2 Å². The van der Waals surface area contributed by atoms with Crippen LogP contribution in [-0.4, -0.2) is 12.5 Å². The van der Waals surface area contributed by atoms with Crippen molar-refractivity contribution in [2.24, 2.45) is 0 Å². The molecule has 100 valence electrons. The van der Waals surface area contributed by atoms with Gasteiger partial charge in [-0.05, 0) is 38.0 Å². The Morgan fingerprint density at radius 3 is 2.68 bits per heavy atom. The van der Waals surface area contributed by atoms with E-state index in [4.69, 9.17) is 4.42 Å². The number of furan rings is 1. The van der Waals surface area contributed by atoms with Crippen LogP contribution in [-0.2, 0) is 6.42 Å². The van der Waals surface area contributed by atoms with E-state index in [1.54, 1.807) is 38.1 Å². The van der Waals surface area contributed by atoms with Crippen LogP contribution in [0.1, 0.15) is 27.4 Å². The van der Waals surface area contributed by atoms with Crippen LogP contribution in [0, 0.1) is 19.7 Å². The molecule has 19 heavy (non-hydrogen) atoms. The lowest BCUT2D eigenvalue weighted by Gasteiger charge is -2.05. The van der Waals surface area contributed by atoms with Crippen molar-refractivity contribution in [1.82, 2.24) is 5.32 Å². The van der Waals surface area contributed by atoms with E-state index in [1.807, 2.05) is 0 Å². The maximum absolute atomic E-state index is 13.4. The predicted octanol–water partition coefficient (Wildman–Crippen LogP) is 3.01. The van der Waals surface area contributed by atoms with E-state index in [0.717, 1.165) is 0 Å². The Balaban J connectivity index is 1.91. The van der Waals surface area contributed by atoms with E-state index in [-0.39, 0.29) is 11.7 Å². The Bertz CT molecular complexity index is 590. The standard InChI is InChI=1S/C15H16FNO2/c1-10-9-13(11(2)19-10)15(18)17-8-7-12-5-3-4-6-14(12)16/h3-6,9H,7-8H2,1-2H3,(H,17,18). The average Bonchev–Trinajstić information content (AvgIpc) is 2.71. The van der Waals surface area contributed by atoms with Crippen molar-refractivity contribution >= 4 is 5.91 Å². The van der Waals surface area contributed by atoms with Gasteiger partial charge in [-0.1, -0.05) is 18.2 Å². The molecule has 2 rings (SSSR count). The van der Waals surface area contributed by atoms with E-state index in [1.165, 1.54) is 6.07 Å². The largest absolute Gasteiger partial charge is 0.466 e. The van der Waals surface area contributed by atoms with Crippen LogP contribution in [0.4, 0.5) is 4.39 Å². The third-order valence-corrected chi connectivity index (χ3v) is 2.92. The second-order valence-electron chi connectivity index (χ2n) is 4.42. The van der Waals surface area contributed by atoms with E-state index >= 15 is 0 Å². The van der Waals surface area contributed by atoms with Crippen molar-refractivity contribution in [2.45, 2.75) is 20.3 Å². The highest BCUT2D eigenvalue weighted by molar-refractivity contribution is 5.95. The van der Waals surface area contributed by atoms with Gasteiger partial charge in [0.15, 0.2) is 0 Å². The van der Waals surface area contributed by atoms with Crippen molar-refractivity contribution in [3.63, 3.8) is 0 Å². The summed E-state index contributed by atoms with van der Waals surface area (Å²) in [6, 6.07) is 8.27. The highest BCUT2D eigenvalue weighted by atomic mass is 19.1. The second-order valence-corrected chi connectivity index (χ2v) is 4.42. The van der Waals surface area contributed by atoms with Gasteiger partial charge in [0.1, 0.15) is 17.3 Å². The first-order valence-electron chi connectivity index (χ1n) is 6.16. The van der Waals surface area contributed by atoms with Crippen LogP contribution >= 0.6 is 0 Å². The monoisotopic (exact) mass is 261 g/mol. The lowest BCUT2D eigenvalue weighted by Crippen LogP contribution is -2.26. The molecule has 0 aliphatic carbocycles. The van der Waals surface area contributed by atoms with E-state index in [0.29, 0.717) is 35.6 Å². The van der Waals surface area contributed by atoms with E-state index in [2.05, 4.69) is 5.32 Å². The Morgan fingerprint density at radius 1 is 1.32 bits per heavy atom. The minimum absolute atomic E-state index is 0.189. The maximum Gasteiger partial charge on any atom is 0.254 e. The third kappa shape index (κ3) is 3.22. The molecule has 0 fully saturated rings. The van der Waals surface area contributed by atoms with E-state index < -0.39 is 0 Å². The van der Waals surface area contributed by atoms with Crippen LogP contribution in [0.3, 0.4) is 0 Å². The summed E-state index contributed by atoms with van der Waals surface area (Å²) in [7, 11) is 0. The first kappa shape index (κ1) is 13.3. The number of carbonyl (C=O) groups excluding carboxylic acids is 1. The Kier molecular flexibility index (Phi) is 4.00. The lowest BCUT2D eigenvalue weighted by molar-refractivity contribution is 0.0952. The molecule has 1 heterocycles. The number of carbonyl (C=O) groups is 1. The normalized spacial score (nSPS) is 10.5. The number of amides is 1. The fourth-order valence-corrected chi connectivity index (χ4v) is 1.96. The average molecular weight is 261 g/mol. The van der Waals surface area contributed by atoms with Gasteiger partial charge in [-0.2, -0.15) is 0 Å². The lowest BCUT2D eigenvalue weighted by atomic mass is 10.1. The molecule has 0 atom stereocenters. The van der Waals surface area contributed by atoms with Gasteiger partial charge >= 0.3 is 0 Å². The minimum atomic E-state index is -0.243. The maximum atomic E-state index is 13.4. The van der Waals surface area contributed by atoms with E-state index in [9.17, 15) is 9.18 Å². The number of aryl methyl sites for hydroxylation is 2. The van der Waals surface area contributed by atoms with Crippen LogP contribution in [0.25, 0.3) is 0 Å². The molecule has 0 spiro atoms. The summed E-state index contributed by atoms with van der Waals surface area (Å²) < 4.78 is 18.7. The van der Waals surface area contributed by atoms with Crippen molar-refractivity contribution in [1.29, 1.82) is 0 Å². The fraction of sp³-hybridized carbons (Fsp3) is 0.267. The molecule has 0 radical (unpaired) electrons. The van der Waals surface area contributed by atoms with Crippen molar-refractivity contribution < 1.29 is 13.6 Å². The minimum Gasteiger partial charge on any atom is -0.466 e. The van der Waals surface area contributed by atoms with Crippen LogP contribution in [0.5, 0.6) is 0 Å². The van der Waals surface area contributed by atoms with Gasteiger partial charge in [0.2, 0.25) is 0 Å². The summed E-state index contributed by atoms with van der Waals surface area (Å²) in [5.41, 5.74) is 1.13. The number of hydrogen-bond donors (Lipinski definition) is 1. The molecule has 3 nitrogen and oxygen atoms in total. The highest BCUT2D eigenvalue weighted by Gasteiger charge is 2.12. The molecule has 0 saturated heterocycles. The molecule has 1 aromatic carbocycles. The zero-order chi connectivity index (χ0) is 13.8. The van der Waals surface area contributed by atoms with Gasteiger partial charge < -0.3 is 9.73 Å². The van der Waals surface area contributed by atoms with Gasteiger partial charge in [0, 0.05) is 6.54 Å². The van der Waals surface area contributed by atoms with Gasteiger partial charge in [-0.15, -0.1) is 0 Å². The molecule has 0 saturated carbocycles. The first-order chi connectivity index (χ1) is 9.08. The summed E-state index contributed by atoms with van der Waals surface area (Å²) in [6.07, 6.45) is 0.467. The SMILES string of the molecule is Cc1cc(C(=O)NCCc2ccccc2F)c(C)o1. The molecular weight excluding hydrogens is 245 g/mol. The van der Waals surface area contributed by atoms with Gasteiger partial charge in [-0.3, -0.25) is 4.79 Å². The Labute approximate surface area is 111 Å².